The smallest absolute Gasteiger partial charge is 0.238 e. The van der Waals surface area contributed by atoms with Gasteiger partial charge in [0.15, 0.2) is 0 Å². The highest BCUT2D eigenvalue weighted by Crippen LogP contribution is 2.42. The van der Waals surface area contributed by atoms with Crippen LogP contribution in [0.1, 0.15) is 37.3 Å². The van der Waals surface area contributed by atoms with E-state index in [4.69, 9.17) is 5.73 Å². The summed E-state index contributed by atoms with van der Waals surface area (Å²) in [7, 11) is 0. The van der Waals surface area contributed by atoms with Crippen molar-refractivity contribution >= 4 is 17.7 Å². The number of hydrogen-bond acceptors (Lipinski definition) is 3. The van der Waals surface area contributed by atoms with Gasteiger partial charge in [-0.25, -0.2) is 0 Å². The molecule has 2 rings (SSSR count). The van der Waals surface area contributed by atoms with Gasteiger partial charge >= 0.3 is 0 Å². The molecule has 1 fully saturated rings. The number of carbonyl (C=O) groups excluding carboxylic acids is 1. The number of thioether (sulfide) groups is 1. The molecule has 1 amide bonds. The Morgan fingerprint density at radius 2 is 2.14 bits per heavy atom. The average Bonchev–Trinajstić information content (AvgIpc) is 3.27. The minimum absolute atomic E-state index is 0.198. The lowest BCUT2D eigenvalue weighted by atomic mass is 9.94. The number of aryl methyl sites for hydroxylation is 2. The molecule has 0 aliphatic heterocycles. The molecule has 1 aliphatic carbocycles. The maximum absolute atomic E-state index is 12.1. The van der Waals surface area contributed by atoms with Crippen LogP contribution in [0, 0.1) is 19.8 Å². The lowest BCUT2D eigenvalue weighted by molar-refractivity contribution is -0.124. The molecule has 4 heteroatoms. The van der Waals surface area contributed by atoms with Crippen LogP contribution in [0.4, 0.5) is 0 Å². The van der Waals surface area contributed by atoms with Crippen molar-refractivity contribution in [2.24, 2.45) is 11.7 Å². The second-order valence-electron chi connectivity index (χ2n) is 6.09. The first-order valence-electron chi connectivity index (χ1n) is 7.74. The third-order valence-corrected chi connectivity index (χ3v) is 5.55. The maximum atomic E-state index is 12.1. The number of primary amides is 1. The SMILES string of the molecule is CCCNC(CSc1cc(C)ccc1C)(C(N)=O)C1CC1. The zero-order chi connectivity index (χ0) is 15.5. The Morgan fingerprint density at radius 1 is 1.43 bits per heavy atom. The van der Waals surface area contributed by atoms with Crippen LogP contribution in [-0.4, -0.2) is 23.7 Å². The summed E-state index contributed by atoms with van der Waals surface area (Å²) in [6, 6.07) is 6.45. The van der Waals surface area contributed by atoms with Gasteiger partial charge in [-0.05, 0) is 57.2 Å². The molecule has 0 heterocycles. The molecule has 1 saturated carbocycles. The van der Waals surface area contributed by atoms with Gasteiger partial charge in [-0.15, -0.1) is 11.8 Å². The summed E-state index contributed by atoms with van der Waals surface area (Å²) in [6.45, 7) is 7.17. The van der Waals surface area contributed by atoms with E-state index < -0.39 is 5.54 Å². The molecular weight excluding hydrogens is 280 g/mol. The van der Waals surface area contributed by atoms with Crippen LogP contribution in [0.15, 0.2) is 23.1 Å². The van der Waals surface area contributed by atoms with E-state index >= 15 is 0 Å². The standard InChI is InChI=1S/C17H26N2OS/c1-4-9-19-17(16(18)20,14-7-8-14)11-21-15-10-12(2)5-6-13(15)3/h5-6,10,14,19H,4,7-9,11H2,1-3H3,(H2,18,20). The summed E-state index contributed by atoms with van der Waals surface area (Å²) in [5.41, 5.74) is 7.74. The van der Waals surface area contributed by atoms with Gasteiger partial charge in [0, 0.05) is 10.6 Å². The largest absolute Gasteiger partial charge is 0.368 e. The van der Waals surface area contributed by atoms with Gasteiger partial charge < -0.3 is 11.1 Å². The third-order valence-electron chi connectivity index (χ3n) is 4.20. The molecule has 1 atom stereocenters. The summed E-state index contributed by atoms with van der Waals surface area (Å²) < 4.78 is 0. The van der Waals surface area contributed by atoms with Crippen LogP contribution in [0.25, 0.3) is 0 Å². The van der Waals surface area contributed by atoms with E-state index in [1.54, 1.807) is 11.8 Å². The minimum Gasteiger partial charge on any atom is -0.368 e. The monoisotopic (exact) mass is 306 g/mol. The Morgan fingerprint density at radius 3 is 2.71 bits per heavy atom. The first-order chi connectivity index (χ1) is 9.99. The molecular formula is C17H26N2OS. The quantitative estimate of drug-likeness (QED) is 0.726. The highest BCUT2D eigenvalue weighted by Gasteiger charge is 2.49. The first-order valence-corrected chi connectivity index (χ1v) is 8.73. The van der Waals surface area contributed by atoms with E-state index in [0.29, 0.717) is 5.92 Å². The van der Waals surface area contributed by atoms with Gasteiger partial charge in [0.2, 0.25) is 5.91 Å². The number of nitrogens with two attached hydrogens (primary N) is 1. The highest BCUT2D eigenvalue weighted by atomic mass is 32.2. The van der Waals surface area contributed by atoms with Gasteiger partial charge in [0.25, 0.3) is 0 Å². The van der Waals surface area contributed by atoms with E-state index in [-0.39, 0.29) is 5.91 Å². The molecule has 0 spiro atoms. The fourth-order valence-corrected chi connectivity index (χ4v) is 4.08. The Labute approximate surface area is 132 Å². The predicted molar refractivity (Wildman–Crippen MR) is 89.6 cm³/mol. The Bertz CT molecular complexity index is 514. The zero-order valence-electron chi connectivity index (χ0n) is 13.2. The molecule has 0 bridgehead atoms. The van der Waals surface area contributed by atoms with Crippen molar-refractivity contribution in [1.29, 1.82) is 0 Å². The normalized spacial score (nSPS) is 17.5. The van der Waals surface area contributed by atoms with Crippen LogP contribution < -0.4 is 11.1 Å². The first kappa shape index (κ1) is 16.4. The second-order valence-corrected chi connectivity index (χ2v) is 7.11. The third kappa shape index (κ3) is 3.80. The molecule has 1 unspecified atom stereocenters. The van der Waals surface area contributed by atoms with Crippen molar-refractivity contribution in [2.45, 2.75) is 50.5 Å². The van der Waals surface area contributed by atoms with Gasteiger partial charge in [-0.2, -0.15) is 0 Å². The summed E-state index contributed by atoms with van der Waals surface area (Å²) in [4.78, 5) is 13.4. The number of carbonyl (C=O) groups is 1. The summed E-state index contributed by atoms with van der Waals surface area (Å²) in [5.74, 6) is 0.924. The maximum Gasteiger partial charge on any atom is 0.238 e. The van der Waals surface area contributed by atoms with Crippen molar-refractivity contribution in [3.8, 4) is 0 Å². The van der Waals surface area contributed by atoms with Crippen molar-refractivity contribution in [1.82, 2.24) is 5.32 Å². The van der Waals surface area contributed by atoms with Crippen molar-refractivity contribution in [3.63, 3.8) is 0 Å². The predicted octanol–water partition coefficient (Wildman–Crippen LogP) is 3.03. The molecule has 0 radical (unpaired) electrons. The Balaban J connectivity index is 2.15. The number of nitrogens with one attached hydrogen (secondary N) is 1. The van der Waals surface area contributed by atoms with E-state index in [9.17, 15) is 4.79 Å². The minimum atomic E-state index is -0.545. The fourth-order valence-electron chi connectivity index (χ4n) is 2.65. The van der Waals surface area contributed by atoms with E-state index in [1.807, 2.05) is 0 Å². The topological polar surface area (TPSA) is 55.1 Å². The van der Waals surface area contributed by atoms with Crippen LogP contribution in [-0.2, 0) is 4.79 Å². The van der Waals surface area contributed by atoms with Crippen LogP contribution in [0.3, 0.4) is 0 Å². The van der Waals surface area contributed by atoms with Gasteiger partial charge in [-0.1, -0.05) is 24.6 Å². The number of benzene rings is 1. The van der Waals surface area contributed by atoms with Crippen LogP contribution in [0.5, 0.6) is 0 Å². The zero-order valence-corrected chi connectivity index (χ0v) is 14.1. The molecule has 3 N–H and O–H groups in total. The van der Waals surface area contributed by atoms with Crippen LogP contribution >= 0.6 is 11.8 Å². The van der Waals surface area contributed by atoms with E-state index in [0.717, 1.165) is 31.6 Å². The molecule has 0 aromatic heterocycles. The lowest BCUT2D eigenvalue weighted by Crippen LogP contribution is -2.59. The summed E-state index contributed by atoms with van der Waals surface area (Å²) in [6.07, 6.45) is 3.22. The lowest BCUT2D eigenvalue weighted by Gasteiger charge is -2.32. The molecule has 1 aromatic rings. The second kappa shape index (κ2) is 6.84. The summed E-state index contributed by atoms with van der Waals surface area (Å²) in [5, 5.41) is 3.45. The van der Waals surface area contributed by atoms with Crippen LogP contribution in [0.2, 0.25) is 0 Å². The molecule has 21 heavy (non-hydrogen) atoms. The fraction of sp³-hybridized carbons (Fsp3) is 0.588. The number of hydrogen-bond donors (Lipinski definition) is 2. The molecule has 0 saturated heterocycles. The Hall–Kier alpha value is -1.00. The highest BCUT2D eigenvalue weighted by molar-refractivity contribution is 7.99. The number of amides is 1. The average molecular weight is 306 g/mol. The molecule has 1 aliphatic rings. The van der Waals surface area contributed by atoms with Crippen molar-refractivity contribution < 1.29 is 4.79 Å². The van der Waals surface area contributed by atoms with Gasteiger partial charge in [0.05, 0.1) is 0 Å². The van der Waals surface area contributed by atoms with Crippen molar-refractivity contribution in [3.05, 3.63) is 29.3 Å². The van der Waals surface area contributed by atoms with E-state index in [2.05, 4.69) is 44.3 Å². The molecule has 116 valence electrons. The van der Waals surface area contributed by atoms with Gasteiger partial charge in [-0.3, -0.25) is 4.79 Å². The summed E-state index contributed by atoms with van der Waals surface area (Å²) >= 11 is 1.75. The Kier molecular flexibility index (Phi) is 5.33. The molecule has 1 aromatic carbocycles. The van der Waals surface area contributed by atoms with E-state index in [1.165, 1.54) is 16.0 Å². The van der Waals surface area contributed by atoms with Gasteiger partial charge in [0.1, 0.15) is 5.54 Å². The van der Waals surface area contributed by atoms with Crippen molar-refractivity contribution in [2.75, 3.05) is 12.3 Å². The molecule has 3 nitrogen and oxygen atoms in total. The number of rotatable bonds is 8.